The quantitative estimate of drug-likeness (QED) is 0.483. The third-order valence-electron chi connectivity index (χ3n) is 6.50. The van der Waals surface area contributed by atoms with Gasteiger partial charge in [-0.25, -0.2) is 0 Å². The molecular formula is C19H36O4Si. The molecule has 5 unspecified atom stereocenters. The second-order valence-corrected chi connectivity index (χ2v) is 10.9. The van der Waals surface area contributed by atoms with Gasteiger partial charge in [-0.1, -0.05) is 19.8 Å². The summed E-state index contributed by atoms with van der Waals surface area (Å²) in [5.41, 5.74) is 0. The van der Waals surface area contributed by atoms with Gasteiger partial charge in [-0.05, 0) is 64.3 Å². The zero-order chi connectivity index (χ0) is 17.2. The largest absolute Gasteiger partial charge is 0.393 e. The minimum absolute atomic E-state index is 0.197. The number of hydrogen-bond acceptors (Lipinski definition) is 4. The zero-order valence-corrected chi connectivity index (χ0v) is 17.0. The fourth-order valence-electron chi connectivity index (χ4n) is 5.71. The molecule has 140 valence electrons. The van der Waals surface area contributed by atoms with Crippen LogP contribution in [0.5, 0.6) is 0 Å². The van der Waals surface area contributed by atoms with Gasteiger partial charge in [0.1, 0.15) is 5.22 Å². The van der Waals surface area contributed by atoms with E-state index >= 15 is 0 Å². The van der Waals surface area contributed by atoms with Gasteiger partial charge in [0.2, 0.25) is 0 Å². The molecule has 3 aliphatic rings. The Morgan fingerprint density at radius 3 is 2.29 bits per heavy atom. The van der Waals surface area contributed by atoms with E-state index in [1.54, 1.807) is 0 Å². The molecule has 2 heterocycles. The van der Waals surface area contributed by atoms with Crippen LogP contribution in [0.3, 0.4) is 0 Å². The highest BCUT2D eigenvalue weighted by Gasteiger charge is 2.68. The Morgan fingerprint density at radius 1 is 0.958 bits per heavy atom. The Balaban J connectivity index is 2.01. The molecule has 0 aromatic heterocycles. The Morgan fingerprint density at radius 2 is 1.71 bits per heavy atom. The van der Waals surface area contributed by atoms with E-state index in [-0.39, 0.29) is 5.22 Å². The van der Waals surface area contributed by atoms with Gasteiger partial charge >= 0.3 is 8.56 Å². The Labute approximate surface area is 148 Å². The summed E-state index contributed by atoms with van der Waals surface area (Å²) in [7, 11) is -2.44. The maximum absolute atomic E-state index is 6.76. The highest BCUT2D eigenvalue weighted by Crippen LogP contribution is 2.55. The lowest BCUT2D eigenvalue weighted by Crippen LogP contribution is -2.73. The maximum Gasteiger partial charge on any atom is 0.371 e. The summed E-state index contributed by atoms with van der Waals surface area (Å²) in [4.78, 5) is 0. The minimum Gasteiger partial charge on any atom is -0.393 e. The van der Waals surface area contributed by atoms with Crippen LogP contribution < -0.4 is 0 Å². The smallest absolute Gasteiger partial charge is 0.371 e. The number of fused-ring (bicyclic) bond motifs is 1. The summed E-state index contributed by atoms with van der Waals surface area (Å²) >= 11 is 0. The first-order valence-corrected chi connectivity index (χ1v) is 12.3. The lowest BCUT2D eigenvalue weighted by Gasteiger charge is -2.57. The molecule has 2 aliphatic heterocycles. The van der Waals surface area contributed by atoms with Crippen LogP contribution in [0.15, 0.2) is 0 Å². The van der Waals surface area contributed by atoms with E-state index in [1.165, 1.54) is 25.7 Å². The Hall–Kier alpha value is 0.0569. The zero-order valence-electron chi connectivity index (χ0n) is 16.0. The molecule has 0 aromatic rings. The average Bonchev–Trinajstić information content (AvgIpc) is 3.36. The molecule has 5 heteroatoms. The fourth-order valence-corrected chi connectivity index (χ4v) is 10.7. The molecule has 0 radical (unpaired) electrons. The third kappa shape index (κ3) is 3.00. The maximum atomic E-state index is 6.76. The normalized spacial score (nSPS) is 41.0. The second-order valence-electron chi connectivity index (χ2n) is 7.57. The first-order valence-electron chi connectivity index (χ1n) is 10.2. The summed E-state index contributed by atoms with van der Waals surface area (Å²) < 4.78 is 25.7. The van der Waals surface area contributed by atoms with Gasteiger partial charge in [-0.2, -0.15) is 0 Å². The van der Waals surface area contributed by atoms with Crippen LogP contribution in [0.2, 0.25) is 6.04 Å². The summed E-state index contributed by atoms with van der Waals surface area (Å²) in [5, 5.41) is -0.197. The molecule has 0 aromatic carbocycles. The molecule has 2 saturated heterocycles. The van der Waals surface area contributed by atoms with Crippen LogP contribution in [0, 0.1) is 11.8 Å². The van der Waals surface area contributed by atoms with Crippen molar-refractivity contribution in [3.05, 3.63) is 0 Å². The Kier molecular flexibility index (Phi) is 6.08. The molecule has 3 rings (SSSR count). The van der Waals surface area contributed by atoms with Gasteiger partial charge in [0.15, 0.2) is 0 Å². The molecule has 4 nitrogen and oxygen atoms in total. The van der Waals surface area contributed by atoms with Gasteiger partial charge in [-0.3, -0.25) is 0 Å². The summed E-state index contributed by atoms with van der Waals surface area (Å²) in [6.07, 6.45) is 8.13. The Bertz CT molecular complexity index is 407. The van der Waals surface area contributed by atoms with Gasteiger partial charge in [-0.15, -0.1) is 0 Å². The van der Waals surface area contributed by atoms with Crippen molar-refractivity contribution in [1.29, 1.82) is 0 Å². The van der Waals surface area contributed by atoms with Crippen LogP contribution in [0.4, 0.5) is 0 Å². The van der Waals surface area contributed by atoms with Crippen LogP contribution >= 0.6 is 0 Å². The van der Waals surface area contributed by atoms with Crippen molar-refractivity contribution in [2.75, 3.05) is 19.8 Å². The average molecular weight is 357 g/mol. The number of epoxide rings is 1. The van der Waals surface area contributed by atoms with Gasteiger partial charge < -0.3 is 18.3 Å². The van der Waals surface area contributed by atoms with E-state index in [0.717, 1.165) is 38.7 Å². The van der Waals surface area contributed by atoms with E-state index in [4.69, 9.17) is 18.3 Å². The monoisotopic (exact) mass is 356 g/mol. The van der Waals surface area contributed by atoms with Gasteiger partial charge in [0, 0.05) is 19.8 Å². The van der Waals surface area contributed by atoms with Crippen molar-refractivity contribution in [3.8, 4) is 0 Å². The molecule has 0 bridgehead atoms. The lowest BCUT2D eigenvalue weighted by molar-refractivity contribution is -0.117. The van der Waals surface area contributed by atoms with Crippen LogP contribution in [0.1, 0.15) is 66.2 Å². The van der Waals surface area contributed by atoms with Crippen molar-refractivity contribution in [1.82, 2.24) is 0 Å². The summed E-state index contributed by atoms with van der Waals surface area (Å²) in [6.45, 7) is 10.9. The molecule has 24 heavy (non-hydrogen) atoms. The molecule has 1 saturated carbocycles. The molecule has 3 fully saturated rings. The van der Waals surface area contributed by atoms with E-state index in [0.29, 0.717) is 24.0 Å². The highest BCUT2D eigenvalue weighted by molar-refractivity contribution is 6.71. The highest BCUT2D eigenvalue weighted by atomic mass is 28.4. The standard InChI is InChI=1S/C19H36O4Si/c1-5-15-10-9-13-24(21-7-3,22-8-4)19(15,20-6-2)16-11-12-17-18(14-16)23-17/h15-18H,5-14H2,1-4H3. The second kappa shape index (κ2) is 7.75. The van der Waals surface area contributed by atoms with Crippen molar-refractivity contribution in [2.45, 2.75) is 89.7 Å². The first-order chi connectivity index (χ1) is 11.7. The fraction of sp³-hybridized carbons (Fsp3) is 1.00. The van der Waals surface area contributed by atoms with Crippen LogP contribution in [-0.4, -0.2) is 45.8 Å². The van der Waals surface area contributed by atoms with Crippen LogP contribution in [-0.2, 0) is 18.3 Å². The number of rotatable bonds is 8. The minimum atomic E-state index is -2.44. The summed E-state index contributed by atoms with van der Waals surface area (Å²) in [5.74, 6) is 1.08. The van der Waals surface area contributed by atoms with E-state index < -0.39 is 8.56 Å². The lowest BCUT2D eigenvalue weighted by atomic mass is 9.77. The number of hydrogen-bond donors (Lipinski definition) is 0. The van der Waals surface area contributed by atoms with E-state index in [9.17, 15) is 0 Å². The topological polar surface area (TPSA) is 40.2 Å². The molecule has 0 spiro atoms. The van der Waals surface area contributed by atoms with Crippen molar-refractivity contribution >= 4 is 8.56 Å². The van der Waals surface area contributed by atoms with Gasteiger partial charge in [0.25, 0.3) is 0 Å². The molecular weight excluding hydrogens is 320 g/mol. The van der Waals surface area contributed by atoms with Crippen molar-refractivity contribution < 1.29 is 18.3 Å². The molecule has 5 atom stereocenters. The third-order valence-corrected chi connectivity index (χ3v) is 11.2. The predicted octanol–water partition coefficient (Wildman–Crippen LogP) is 4.20. The predicted molar refractivity (Wildman–Crippen MR) is 97.2 cm³/mol. The van der Waals surface area contributed by atoms with E-state index in [2.05, 4.69) is 27.7 Å². The SMILES string of the molecule is CCOC1(C2CCC3OC3C2)C(CC)CCC[Si]1(OCC)OCC. The number of ether oxygens (including phenoxy) is 2. The molecule has 0 N–H and O–H groups in total. The first kappa shape index (κ1) is 18.8. The van der Waals surface area contributed by atoms with Crippen molar-refractivity contribution in [2.24, 2.45) is 11.8 Å². The summed E-state index contributed by atoms with van der Waals surface area (Å²) in [6, 6.07) is 1.08. The van der Waals surface area contributed by atoms with E-state index in [1.807, 2.05) is 0 Å². The molecule has 1 aliphatic carbocycles. The van der Waals surface area contributed by atoms with Gasteiger partial charge in [0.05, 0.1) is 12.2 Å². The van der Waals surface area contributed by atoms with Crippen LogP contribution in [0.25, 0.3) is 0 Å². The van der Waals surface area contributed by atoms with Crippen molar-refractivity contribution in [3.63, 3.8) is 0 Å². The molecule has 0 amide bonds.